The fraction of sp³-hybridized carbons (Fsp3) is 0.143. The summed E-state index contributed by atoms with van der Waals surface area (Å²) in [6.07, 6.45) is 0. The van der Waals surface area contributed by atoms with Gasteiger partial charge in [0.05, 0.1) is 0 Å². The lowest BCUT2D eigenvalue weighted by atomic mass is 10.1. The molecule has 0 unspecified atom stereocenters. The second-order valence-electron chi connectivity index (χ2n) is 4.10. The van der Waals surface area contributed by atoms with Gasteiger partial charge >= 0.3 is 0 Å². The molecule has 1 heterocycles. The second kappa shape index (κ2) is 5.14. The molecule has 0 aliphatic heterocycles. The average molecular weight is 258 g/mol. The van der Waals surface area contributed by atoms with E-state index in [2.05, 4.69) is 4.98 Å². The topological polar surface area (TPSA) is 48.1 Å². The Balaban J connectivity index is 2.31. The summed E-state index contributed by atoms with van der Waals surface area (Å²) in [4.78, 5) is 4.52. The van der Waals surface area contributed by atoms with E-state index >= 15 is 0 Å². The SMILES string of the molecule is Cc1ccc(C)c(Oc2cccc(C(N)=S)n2)c1. The van der Waals surface area contributed by atoms with Gasteiger partial charge in [-0.05, 0) is 37.1 Å². The highest BCUT2D eigenvalue weighted by Crippen LogP contribution is 2.24. The van der Waals surface area contributed by atoms with Crippen molar-refractivity contribution in [2.24, 2.45) is 5.73 Å². The van der Waals surface area contributed by atoms with Crippen LogP contribution in [0.3, 0.4) is 0 Å². The van der Waals surface area contributed by atoms with Crippen molar-refractivity contribution >= 4 is 17.2 Å². The standard InChI is InChI=1S/C14H14N2OS/c1-9-6-7-10(2)12(8-9)17-13-5-3-4-11(16-13)14(15)18/h3-8H,1-2H3,(H2,15,18). The number of pyridine rings is 1. The van der Waals surface area contributed by atoms with Crippen LogP contribution in [0.5, 0.6) is 11.6 Å². The van der Waals surface area contributed by atoms with Gasteiger partial charge in [-0.15, -0.1) is 0 Å². The molecular weight excluding hydrogens is 244 g/mol. The molecule has 1 aromatic carbocycles. The van der Waals surface area contributed by atoms with Crippen LogP contribution in [0.15, 0.2) is 36.4 Å². The van der Waals surface area contributed by atoms with E-state index in [-0.39, 0.29) is 4.99 Å². The van der Waals surface area contributed by atoms with Crippen molar-refractivity contribution in [3.8, 4) is 11.6 Å². The maximum absolute atomic E-state index is 5.75. The van der Waals surface area contributed by atoms with Gasteiger partial charge < -0.3 is 10.5 Å². The zero-order chi connectivity index (χ0) is 13.1. The van der Waals surface area contributed by atoms with E-state index in [0.29, 0.717) is 11.6 Å². The fourth-order valence-electron chi connectivity index (χ4n) is 1.54. The number of aryl methyl sites for hydroxylation is 2. The number of hydrogen-bond acceptors (Lipinski definition) is 3. The van der Waals surface area contributed by atoms with Crippen molar-refractivity contribution in [2.75, 3.05) is 0 Å². The first-order valence-corrected chi connectivity index (χ1v) is 5.99. The molecule has 0 amide bonds. The monoisotopic (exact) mass is 258 g/mol. The number of ether oxygens (including phenoxy) is 1. The number of rotatable bonds is 3. The third-order valence-electron chi connectivity index (χ3n) is 2.53. The second-order valence-corrected chi connectivity index (χ2v) is 4.54. The van der Waals surface area contributed by atoms with E-state index in [1.54, 1.807) is 12.1 Å². The third kappa shape index (κ3) is 2.84. The molecule has 0 aliphatic carbocycles. The fourth-order valence-corrected chi connectivity index (χ4v) is 1.65. The summed E-state index contributed by atoms with van der Waals surface area (Å²) in [5, 5.41) is 0. The van der Waals surface area contributed by atoms with Crippen LogP contribution in [0, 0.1) is 13.8 Å². The Labute approximate surface area is 112 Å². The zero-order valence-electron chi connectivity index (χ0n) is 10.3. The smallest absolute Gasteiger partial charge is 0.219 e. The Kier molecular flexibility index (Phi) is 3.58. The molecule has 3 nitrogen and oxygen atoms in total. The van der Waals surface area contributed by atoms with Crippen molar-refractivity contribution in [1.82, 2.24) is 4.98 Å². The highest BCUT2D eigenvalue weighted by atomic mass is 32.1. The van der Waals surface area contributed by atoms with Gasteiger partial charge in [0.2, 0.25) is 5.88 Å². The summed E-state index contributed by atoms with van der Waals surface area (Å²) in [5.41, 5.74) is 8.30. The van der Waals surface area contributed by atoms with E-state index in [9.17, 15) is 0 Å². The molecule has 0 fully saturated rings. The summed E-state index contributed by atoms with van der Waals surface area (Å²) in [7, 11) is 0. The number of thiocarbonyl (C=S) groups is 1. The van der Waals surface area contributed by atoms with Crippen molar-refractivity contribution in [1.29, 1.82) is 0 Å². The van der Waals surface area contributed by atoms with Gasteiger partial charge in [0, 0.05) is 6.07 Å². The normalized spacial score (nSPS) is 10.1. The quantitative estimate of drug-likeness (QED) is 0.859. The molecule has 0 saturated heterocycles. The van der Waals surface area contributed by atoms with E-state index in [4.69, 9.17) is 22.7 Å². The number of aromatic nitrogens is 1. The lowest BCUT2D eigenvalue weighted by Crippen LogP contribution is -2.11. The Morgan fingerprint density at radius 1 is 1.22 bits per heavy atom. The highest BCUT2D eigenvalue weighted by molar-refractivity contribution is 7.80. The van der Waals surface area contributed by atoms with Crippen molar-refractivity contribution in [2.45, 2.75) is 13.8 Å². The van der Waals surface area contributed by atoms with Gasteiger partial charge in [-0.1, -0.05) is 30.4 Å². The molecule has 2 aromatic rings. The van der Waals surface area contributed by atoms with Crippen LogP contribution in [0.4, 0.5) is 0 Å². The molecule has 1 aromatic heterocycles. The van der Waals surface area contributed by atoms with Gasteiger partial charge in [0.25, 0.3) is 0 Å². The van der Waals surface area contributed by atoms with E-state index in [1.807, 2.05) is 38.1 Å². The largest absolute Gasteiger partial charge is 0.439 e. The molecule has 2 rings (SSSR count). The predicted molar refractivity (Wildman–Crippen MR) is 76.1 cm³/mol. The van der Waals surface area contributed by atoms with Crippen LogP contribution >= 0.6 is 12.2 Å². The van der Waals surface area contributed by atoms with Crippen molar-refractivity contribution in [3.05, 3.63) is 53.2 Å². The number of hydrogen-bond donors (Lipinski definition) is 1. The van der Waals surface area contributed by atoms with Gasteiger partial charge in [-0.2, -0.15) is 0 Å². The summed E-state index contributed by atoms with van der Waals surface area (Å²) in [6.45, 7) is 4.01. The van der Waals surface area contributed by atoms with Crippen LogP contribution in [-0.4, -0.2) is 9.97 Å². The van der Waals surface area contributed by atoms with Crippen molar-refractivity contribution in [3.63, 3.8) is 0 Å². The number of benzene rings is 1. The average Bonchev–Trinajstić information content (AvgIpc) is 2.34. The maximum atomic E-state index is 5.75. The number of nitrogens with zero attached hydrogens (tertiary/aromatic N) is 1. The van der Waals surface area contributed by atoms with Crippen molar-refractivity contribution < 1.29 is 4.74 Å². The van der Waals surface area contributed by atoms with Crippen LogP contribution in [-0.2, 0) is 0 Å². The van der Waals surface area contributed by atoms with E-state index in [0.717, 1.165) is 16.9 Å². The maximum Gasteiger partial charge on any atom is 0.219 e. The minimum absolute atomic E-state index is 0.265. The van der Waals surface area contributed by atoms with Gasteiger partial charge in [-0.25, -0.2) is 4.98 Å². The minimum Gasteiger partial charge on any atom is -0.439 e. The molecule has 0 radical (unpaired) electrons. The van der Waals surface area contributed by atoms with Gasteiger partial charge in [0.1, 0.15) is 16.4 Å². The minimum atomic E-state index is 0.265. The Morgan fingerprint density at radius 3 is 2.72 bits per heavy atom. The Hall–Kier alpha value is -1.94. The zero-order valence-corrected chi connectivity index (χ0v) is 11.1. The number of nitrogens with two attached hydrogens (primary N) is 1. The first-order valence-electron chi connectivity index (χ1n) is 5.58. The molecule has 2 N–H and O–H groups in total. The molecule has 0 bridgehead atoms. The summed E-state index contributed by atoms with van der Waals surface area (Å²) in [5.74, 6) is 1.29. The molecule has 0 spiro atoms. The molecule has 0 atom stereocenters. The van der Waals surface area contributed by atoms with Crippen LogP contribution < -0.4 is 10.5 Å². The van der Waals surface area contributed by atoms with Crippen LogP contribution in [0.25, 0.3) is 0 Å². The summed E-state index contributed by atoms with van der Waals surface area (Å²) in [6, 6.07) is 11.4. The first-order chi connectivity index (χ1) is 8.56. The summed E-state index contributed by atoms with van der Waals surface area (Å²) < 4.78 is 5.75. The third-order valence-corrected chi connectivity index (χ3v) is 2.74. The Morgan fingerprint density at radius 2 is 2.00 bits per heavy atom. The van der Waals surface area contributed by atoms with Gasteiger partial charge in [0.15, 0.2) is 0 Å². The first kappa shape index (κ1) is 12.5. The summed E-state index contributed by atoms with van der Waals surface area (Å²) >= 11 is 4.89. The lowest BCUT2D eigenvalue weighted by Gasteiger charge is -2.09. The van der Waals surface area contributed by atoms with Gasteiger partial charge in [-0.3, -0.25) is 0 Å². The Bertz CT molecular complexity index is 596. The highest BCUT2D eigenvalue weighted by Gasteiger charge is 2.05. The molecule has 0 saturated carbocycles. The predicted octanol–water partition coefficient (Wildman–Crippen LogP) is 3.12. The molecule has 0 aliphatic rings. The van der Waals surface area contributed by atoms with E-state index in [1.165, 1.54) is 0 Å². The molecular formula is C14H14N2OS. The molecule has 4 heteroatoms. The van der Waals surface area contributed by atoms with E-state index < -0.39 is 0 Å². The van der Waals surface area contributed by atoms with Crippen LogP contribution in [0.1, 0.15) is 16.8 Å². The lowest BCUT2D eigenvalue weighted by molar-refractivity contribution is 0.459. The van der Waals surface area contributed by atoms with Crippen LogP contribution in [0.2, 0.25) is 0 Å². The molecule has 18 heavy (non-hydrogen) atoms. The molecule has 92 valence electrons.